The summed E-state index contributed by atoms with van der Waals surface area (Å²) >= 11 is 6.38. The van der Waals surface area contributed by atoms with Crippen LogP contribution < -0.4 is 10.6 Å². The molecule has 7 heteroatoms. The highest BCUT2D eigenvalue weighted by Gasteiger charge is 2.63. The van der Waals surface area contributed by atoms with Gasteiger partial charge in [0.25, 0.3) is 0 Å². The van der Waals surface area contributed by atoms with Gasteiger partial charge in [-0.05, 0) is 69.6 Å². The lowest BCUT2D eigenvalue weighted by atomic mass is 9.75. The van der Waals surface area contributed by atoms with E-state index < -0.39 is 5.60 Å². The topological polar surface area (TPSA) is 90.3 Å². The summed E-state index contributed by atoms with van der Waals surface area (Å²) in [5.41, 5.74) is -0.565. The zero-order chi connectivity index (χ0) is 17.9. The normalized spacial score (nSPS) is 43.7. The molecule has 4 bridgehead atoms. The van der Waals surface area contributed by atoms with E-state index in [2.05, 4.69) is 20.6 Å². The molecule has 0 saturated heterocycles. The van der Waals surface area contributed by atoms with Gasteiger partial charge >= 0.3 is 0 Å². The molecule has 5 aliphatic rings. The van der Waals surface area contributed by atoms with E-state index in [4.69, 9.17) is 11.6 Å². The number of nitrogens with one attached hydrogen (secondary N) is 2. The number of hydrogen-bond acceptors (Lipinski definition) is 6. The number of hydrogen-bond donors (Lipinski definition) is 4. The molecule has 4 atom stereocenters. The van der Waals surface area contributed by atoms with Crippen molar-refractivity contribution in [1.82, 2.24) is 9.97 Å². The van der Waals surface area contributed by atoms with Crippen molar-refractivity contribution in [1.29, 1.82) is 0 Å². The van der Waals surface area contributed by atoms with Crippen molar-refractivity contribution in [2.24, 2.45) is 11.8 Å². The van der Waals surface area contributed by atoms with E-state index in [-0.39, 0.29) is 11.6 Å². The second-order valence-electron chi connectivity index (χ2n) is 9.14. The van der Waals surface area contributed by atoms with Gasteiger partial charge in [-0.15, -0.1) is 0 Å². The Morgan fingerprint density at radius 2 is 1.96 bits per heavy atom. The van der Waals surface area contributed by atoms with Crippen LogP contribution in [-0.4, -0.2) is 43.5 Å². The molecule has 1 aromatic heterocycles. The molecule has 6 rings (SSSR count). The van der Waals surface area contributed by atoms with Gasteiger partial charge < -0.3 is 20.8 Å². The minimum Gasteiger partial charge on any atom is -0.393 e. The van der Waals surface area contributed by atoms with E-state index in [0.29, 0.717) is 34.7 Å². The number of aliphatic hydroxyl groups is 2. The molecule has 4 N–H and O–H groups in total. The van der Waals surface area contributed by atoms with Crippen LogP contribution in [0.2, 0.25) is 5.02 Å². The molecule has 1 heterocycles. The van der Waals surface area contributed by atoms with Crippen molar-refractivity contribution in [3.8, 4) is 0 Å². The molecule has 6 nitrogen and oxygen atoms in total. The van der Waals surface area contributed by atoms with E-state index in [1.54, 1.807) is 6.20 Å². The third kappa shape index (κ3) is 2.86. The number of rotatable bonds is 4. The maximum atomic E-state index is 10.9. The number of nitrogens with zero attached hydrogens (tertiary/aromatic N) is 2. The fourth-order valence-corrected chi connectivity index (χ4v) is 6.32. The summed E-state index contributed by atoms with van der Waals surface area (Å²) in [7, 11) is 0. The first-order valence-electron chi connectivity index (χ1n) is 9.91. The fourth-order valence-electron chi connectivity index (χ4n) is 6.18. The van der Waals surface area contributed by atoms with Crippen LogP contribution in [0, 0.1) is 11.8 Å². The summed E-state index contributed by atoms with van der Waals surface area (Å²) in [5.74, 6) is 2.29. The van der Waals surface area contributed by atoms with Gasteiger partial charge in [-0.25, -0.2) is 4.98 Å². The number of halogens is 1. The van der Waals surface area contributed by atoms with Gasteiger partial charge in [-0.3, -0.25) is 0 Å². The van der Waals surface area contributed by atoms with Gasteiger partial charge in [-0.1, -0.05) is 11.6 Å². The van der Waals surface area contributed by atoms with Gasteiger partial charge in [0.05, 0.1) is 17.9 Å². The Balaban J connectivity index is 1.32. The Kier molecular flexibility index (Phi) is 3.89. The molecule has 26 heavy (non-hydrogen) atoms. The van der Waals surface area contributed by atoms with E-state index in [1.165, 1.54) is 0 Å². The van der Waals surface area contributed by atoms with Crippen molar-refractivity contribution in [2.45, 2.75) is 81.1 Å². The van der Waals surface area contributed by atoms with Crippen LogP contribution in [-0.2, 0) is 0 Å². The molecule has 0 aromatic carbocycles. The second-order valence-corrected chi connectivity index (χ2v) is 9.54. The van der Waals surface area contributed by atoms with E-state index in [9.17, 15) is 10.2 Å². The first-order valence-corrected chi connectivity index (χ1v) is 10.3. The fraction of sp³-hybridized carbons (Fsp3) is 0.789. The smallest absolute Gasteiger partial charge is 0.224 e. The van der Waals surface area contributed by atoms with Crippen LogP contribution in [0.15, 0.2) is 6.20 Å². The Labute approximate surface area is 158 Å². The quantitative estimate of drug-likeness (QED) is 0.644. The first kappa shape index (κ1) is 17.0. The molecule has 0 aliphatic heterocycles. The monoisotopic (exact) mass is 378 g/mol. The van der Waals surface area contributed by atoms with E-state index in [0.717, 1.165) is 57.8 Å². The highest BCUT2D eigenvalue weighted by Crippen LogP contribution is 2.62. The minimum absolute atomic E-state index is 0.0786. The highest BCUT2D eigenvalue weighted by molar-refractivity contribution is 6.32. The molecule has 0 spiro atoms. The lowest BCUT2D eigenvalue weighted by Crippen LogP contribution is -2.44. The zero-order valence-corrected chi connectivity index (χ0v) is 15.7. The number of anilines is 2. The molecule has 5 fully saturated rings. The predicted octanol–water partition coefficient (Wildman–Crippen LogP) is 2.95. The highest BCUT2D eigenvalue weighted by atomic mass is 35.5. The van der Waals surface area contributed by atoms with Crippen LogP contribution in [0.4, 0.5) is 11.8 Å². The average molecular weight is 379 g/mol. The number of aliphatic hydroxyl groups excluding tert-OH is 1. The summed E-state index contributed by atoms with van der Waals surface area (Å²) in [5, 5.41) is 28.1. The van der Waals surface area contributed by atoms with Gasteiger partial charge in [0.2, 0.25) is 5.95 Å². The standard InChI is InChI=1S/C19H27ClN4O2/c20-15-9-21-17(22-13-1-3-14(25)4-2-13)23-16(15)24-18-6-11-5-12(8-18)19(26,7-11)10-18/h9,11-14,25-26H,1-8,10H2,(H2,21,22,23,24). The lowest BCUT2D eigenvalue weighted by Gasteiger charge is -2.40. The van der Waals surface area contributed by atoms with Gasteiger partial charge in [-0.2, -0.15) is 4.98 Å². The molecule has 0 radical (unpaired) electrons. The average Bonchev–Trinajstić information content (AvgIpc) is 2.92. The van der Waals surface area contributed by atoms with E-state index >= 15 is 0 Å². The van der Waals surface area contributed by atoms with Crippen LogP contribution in [0.1, 0.15) is 57.8 Å². The van der Waals surface area contributed by atoms with Crippen LogP contribution in [0.25, 0.3) is 0 Å². The van der Waals surface area contributed by atoms with Crippen LogP contribution >= 0.6 is 11.6 Å². The minimum atomic E-state index is -0.487. The summed E-state index contributed by atoms with van der Waals surface area (Å²) in [6.45, 7) is 0. The Bertz CT molecular complexity index is 711. The first-order chi connectivity index (χ1) is 12.4. The maximum Gasteiger partial charge on any atom is 0.224 e. The van der Waals surface area contributed by atoms with Crippen molar-refractivity contribution in [2.75, 3.05) is 10.6 Å². The second kappa shape index (κ2) is 5.94. The maximum absolute atomic E-state index is 10.9. The molecular formula is C19H27ClN4O2. The Morgan fingerprint density at radius 1 is 1.15 bits per heavy atom. The number of aromatic nitrogens is 2. The Hall–Kier alpha value is -1.11. The Morgan fingerprint density at radius 3 is 2.69 bits per heavy atom. The molecular weight excluding hydrogens is 352 g/mol. The van der Waals surface area contributed by atoms with Crippen molar-refractivity contribution in [3.63, 3.8) is 0 Å². The lowest BCUT2D eigenvalue weighted by molar-refractivity contribution is 0.00903. The SMILES string of the molecule is OC1CCC(Nc2ncc(Cl)c(NC34CC5CC(C3)C(O)(C5)C4)n2)CC1. The predicted molar refractivity (Wildman–Crippen MR) is 100 cm³/mol. The molecule has 142 valence electrons. The molecule has 0 amide bonds. The summed E-state index contributed by atoms with van der Waals surface area (Å²) in [4.78, 5) is 8.98. The van der Waals surface area contributed by atoms with Gasteiger partial charge in [0.1, 0.15) is 5.02 Å². The molecule has 4 unspecified atom stereocenters. The van der Waals surface area contributed by atoms with Crippen molar-refractivity contribution < 1.29 is 10.2 Å². The molecule has 5 aliphatic carbocycles. The largest absolute Gasteiger partial charge is 0.393 e. The van der Waals surface area contributed by atoms with Crippen molar-refractivity contribution in [3.05, 3.63) is 11.2 Å². The van der Waals surface area contributed by atoms with Crippen LogP contribution in [0.3, 0.4) is 0 Å². The molecule has 1 aromatic rings. The van der Waals surface area contributed by atoms with Gasteiger partial charge in [0, 0.05) is 11.6 Å². The summed E-state index contributed by atoms with van der Waals surface area (Å²) in [6.07, 6.45) is 9.99. The third-order valence-electron chi connectivity index (χ3n) is 7.14. The zero-order valence-electron chi connectivity index (χ0n) is 14.9. The summed E-state index contributed by atoms with van der Waals surface area (Å²) in [6, 6.07) is 0.296. The third-order valence-corrected chi connectivity index (χ3v) is 7.42. The molecule has 5 saturated carbocycles. The van der Waals surface area contributed by atoms with Gasteiger partial charge in [0.15, 0.2) is 5.82 Å². The van der Waals surface area contributed by atoms with E-state index in [1.807, 2.05) is 0 Å². The van der Waals surface area contributed by atoms with Crippen molar-refractivity contribution >= 4 is 23.4 Å². The summed E-state index contributed by atoms with van der Waals surface area (Å²) < 4.78 is 0. The van der Waals surface area contributed by atoms with Crippen LogP contribution in [0.5, 0.6) is 0 Å².